The van der Waals surface area contributed by atoms with Crippen LogP contribution in [0.2, 0.25) is 0 Å². The average Bonchev–Trinajstić information content (AvgIpc) is 3.10. The molecule has 0 aliphatic rings. The van der Waals surface area contributed by atoms with E-state index in [1.165, 1.54) is 10.4 Å². The van der Waals surface area contributed by atoms with Crippen LogP contribution in [-0.2, 0) is 17.6 Å². The van der Waals surface area contributed by atoms with Crippen molar-refractivity contribution in [3.63, 3.8) is 0 Å². The molecule has 0 aliphatic carbocycles. The van der Waals surface area contributed by atoms with Crippen LogP contribution in [0.5, 0.6) is 0 Å². The molecule has 154 valence electrons. The lowest BCUT2D eigenvalue weighted by atomic mass is 10.1. The van der Waals surface area contributed by atoms with Gasteiger partial charge in [0.15, 0.2) is 10.2 Å². The molecule has 1 heterocycles. The number of thiazole rings is 1. The lowest BCUT2D eigenvalue weighted by Crippen LogP contribution is -2.18. The summed E-state index contributed by atoms with van der Waals surface area (Å²) in [5, 5.41) is 0.653. The minimum absolute atomic E-state index is 0.000000000000000222. The number of hydrogen-bond donors (Lipinski definition) is 3. The number of nitrogens with zero attached hydrogens (tertiary/aromatic N) is 1. The van der Waals surface area contributed by atoms with Crippen LogP contribution in [0.25, 0.3) is 10.4 Å². The van der Waals surface area contributed by atoms with E-state index in [0.29, 0.717) is 23.8 Å². The summed E-state index contributed by atoms with van der Waals surface area (Å²) in [4.78, 5) is 16.5. The predicted octanol–water partition coefficient (Wildman–Crippen LogP) is 4.35. The number of ketones is 1. The SMILES string of the molecule is CCC(=O)Cc1ccccc1.CCc1nc(N)sc1-c1ccccc1.NC(N)=S. The Morgan fingerprint density at radius 2 is 1.52 bits per heavy atom. The van der Waals surface area contributed by atoms with Gasteiger partial charge in [0.05, 0.1) is 10.6 Å². The molecule has 0 radical (unpaired) electrons. The summed E-state index contributed by atoms with van der Waals surface area (Å²) in [5.41, 5.74) is 18.4. The van der Waals surface area contributed by atoms with Crippen molar-refractivity contribution >= 4 is 39.6 Å². The van der Waals surface area contributed by atoms with Gasteiger partial charge in [-0.2, -0.15) is 0 Å². The molecule has 29 heavy (non-hydrogen) atoms. The Bertz CT molecular complexity index is 876. The number of aryl methyl sites for hydroxylation is 1. The number of aromatic nitrogens is 1. The summed E-state index contributed by atoms with van der Waals surface area (Å²) in [6, 6.07) is 20.1. The Balaban J connectivity index is 0.000000251. The first kappa shape index (κ1) is 24.3. The van der Waals surface area contributed by atoms with E-state index in [2.05, 4.69) is 47.7 Å². The fourth-order valence-electron chi connectivity index (χ4n) is 2.37. The van der Waals surface area contributed by atoms with Gasteiger partial charge in [0.25, 0.3) is 0 Å². The number of anilines is 1. The Kier molecular flexibility index (Phi) is 11.2. The lowest BCUT2D eigenvalue weighted by molar-refractivity contribution is -0.118. The second kappa shape index (κ2) is 13.4. The van der Waals surface area contributed by atoms with Gasteiger partial charge >= 0.3 is 0 Å². The van der Waals surface area contributed by atoms with E-state index in [4.69, 9.17) is 5.73 Å². The van der Waals surface area contributed by atoms with E-state index in [-0.39, 0.29) is 5.11 Å². The minimum Gasteiger partial charge on any atom is -0.377 e. The van der Waals surface area contributed by atoms with Gasteiger partial charge in [0, 0.05) is 12.8 Å². The first-order valence-electron chi connectivity index (χ1n) is 9.28. The monoisotopic (exact) mass is 428 g/mol. The lowest BCUT2D eigenvalue weighted by Gasteiger charge is -1.98. The molecule has 0 fully saturated rings. The fourth-order valence-corrected chi connectivity index (χ4v) is 3.30. The standard InChI is InChI=1S/C11H12N2S.C10H12O.CH4N2S/c1-2-9-10(14-11(12)13-9)8-6-4-3-5-7-8;1-2-10(11)8-9-6-4-3-5-7-9;2-1(3)4/h3-7H,2H2,1H3,(H2,12,13);3-7H,2,8H2,1H3;(H4,2,3,4). The number of Topliss-reactive ketones (excluding diaryl/α,β-unsaturated/α-hetero) is 1. The molecule has 0 spiro atoms. The van der Waals surface area contributed by atoms with Crippen molar-refractivity contribution < 1.29 is 4.79 Å². The van der Waals surface area contributed by atoms with Crippen molar-refractivity contribution in [1.29, 1.82) is 0 Å². The number of benzene rings is 2. The van der Waals surface area contributed by atoms with Crippen LogP contribution in [-0.4, -0.2) is 15.9 Å². The maximum absolute atomic E-state index is 11.0. The normalized spacial score (nSPS) is 9.45. The van der Waals surface area contributed by atoms with Gasteiger partial charge in [-0.25, -0.2) is 4.98 Å². The predicted molar refractivity (Wildman–Crippen MR) is 128 cm³/mol. The van der Waals surface area contributed by atoms with Crippen molar-refractivity contribution in [2.45, 2.75) is 33.1 Å². The Morgan fingerprint density at radius 1 is 1.00 bits per heavy atom. The largest absolute Gasteiger partial charge is 0.377 e. The Labute approximate surface area is 182 Å². The summed E-state index contributed by atoms with van der Waals surface area (Å²) in [6.07, 6.45) is 2.14. The van der Waals surface area contributed by atoms with Crippen LogP contribution < -0.4 is 17.2 Å². The van der Waals surface area contributed by atoms with E-state index in [9.17, 15) is 4.79 Å². The van der Waals surface area contributed by atoms with E-state index in [0.717, 1.165) is 17.7 Å². The molecule has 0 amide bonds. The highest BCUT2D eigenvalue weighted by Gasteiger charge is 2.08. The van der Waals surface area contributed by atoms with Crippen molar-refractivity contribution in [1.82, 2.24) is 4.98 Å². The van der Waals surface area contributed by atoms with Gasteiger partial charge in [-0.05, 0) is 29.8 Å². The molecule has 0 bridgehead atoms. The first-order valence-corrected chi connectivity index (χ1v) is 10.5. The highest BCUT2D eigenvalue weighted by atomic mass is 32.1. The number of nitrogen functional groups attached to an aromatic ring is 1. The van der Waals surface area contributed by atoms with Gasteiger partial charge in [-0.1, -0.05) is 85.8 Å². The molecule has 0 unspecified atom stereocenters. The second-order valence-electron chi connectivity index (χ2n) is 6.00. The van der Waals surface area contributed by atoms with E-state index >= 15 is 0 Å². The molecule has 1 aromatic heterocycles. The maximum atomic E-state index is 11.0. The number of carbonyl (C=O) groups excluding carboxylic acids is 1. The van der Waals surface area contributed by atoms with Gasteiger partial charge in [-0.15, -0.1) is 0 Å². The fraction of sp³-hybridized carbons (Fsp3) is 0.227. The van der Waals surface area contributed by atoms with Crippen LogP contribution in [0.3, 0.4) is 0 Å². The van der Waals surface area contributed by atoms with Crippen LogP contribution in [0, 0.1) is 0 Å². The van der Waals surface area contributed by atoms with Crippen LogP contribution >= 0.6 is 23.6 Å². The molecule has 5 nitrogen and oxygen atoms in total. The van der Waals surface area contributed by atoms with E-state index in [1.54, 1.807) is 11.3 Å². The molecule has 0 atom stereocenters. The second-order valence-corrected chi connectivity index (χ2v) is 7.51. The van der Waals surface area contributed by atoms with Gasteiger partial charge in [0.1, 0.15) is 5.78 Å². The van der Waals surface area contributed by atoms with Crippen molar-refractivity contribution in [2.75, 3.05) is 5.73 Å². The molecule has 2 aromatic carbocycles. The maximum Gasteiger partial charge on any atom is 0.180 e. The van der Waals surface area contributed by atoms with Crippen LogP contribution in [0.4, 0.5) is 5.13 Å². The van der Waals surface area contributed by atoms with Crippen LogP contribution in [0.1, 0.15) is 31.5 Å². The summed E-state index contributed by atoms with van der Waals surface area (Å²) in [6.45, 7) is 3.99. The molecule has 7 heteroatoms. The molecular weight excluding hydrogens is 400 g/mol. The first-order chi connectivity index (χ1) is 13.9. The van der Waals surface area contributed by atoms with Gasteiger partial charge < -0.3 is 17.2 Å². The Hall–Kier alpha value is -2.77. The molecular formula is C22H28N4OS2. The topological polar surface area (TPSA) is 108 Å². The molecule has 3 rings (SSSR count). The smallest absolute Gasteiger partial charge is 0.180 e. The zero-order valence-electron chi connectivity index (χ0n) is 16.8. The van der Waals surface area contributed by atoms with Crippen molar-refractivity contribution in [3.8, 4) is 10.4 Å². The minimum atomic E-state index is 0.000000000000000222. The van der Waals surface area contributed by atoms with Crippen molar-refractivity contribution in [2.24, 2.45) is 11.5 Å². The number of rotatable bonds is 5. The summed E-state index contributed by atoms with van der Waals surface area (Å²) < 4.78 is 0. The van der Waals surface area contributed by atoms with E-state index in [1.807, 2.05) is 55.5 Å². The number of nitrogens with two attached hydrogens (primary N) is 3. The van der Waals surface area contributed by atoms with Crippen LogP contribution in [0.15, 0.2) is 60.7 Å². The highest BCUT2D eigenvalue weighted by Crippen LogP contribution is 2.31. The average molecular weight is 429 g/mol. The molecule has 0 aliphatic heterocycles. The molecule has 3 aromatic rings. The zero-order chi connectivity index (χ0) is 21.6. The zero-order valence-corrected chi connectivity index (χ0v) is 18.4. The number of hydrogen-bond acceptors (Lipinski definition) is 5. The Morgan fingerprint density at radius 3 is 2.00 bits per heavy atom. The third kappa shape index (κ3) is 9.82. The summed E-state index contributed by atoms with van der Waals surface area (Å²) >= 11 is 5.65. The van der Waals surface area contributed by atoms with Gasteiger partial charge in [-0.3, -0.25) is 4.79 Å². The van der Waals surface area contributed by atoms with Gasteiger partial charge in [0.2, 0.25) is 0 Å². The van der Waals surface area contributed by atoms with Crippen molar-refractivity contribution in [3.05, 3.63) is 71.9 Å². The third-order valence-corrected chi connectivity index (χ3v) is 4.70. The number of thiocarbonyl (C=S) groups is 1. The summed E-state index contributed by atoms with van der Waals surface area (Å²) in [5.74, 6) is 0.302. The van der Waals surface area contributed by atoms with E-state index < -0.39 is 0 Å². The number of carbonyl (C=O) groups is 1. The molecule has 0 saturated heterocycles. The summed E-state index contributed by atoms with van der Waals surface area (Å²) in [7, 11) is 0. The molecule has 6 N–H and O–H groups in total. The third-order valence-electron chi connectivity index (χ3n) is 3.72. The highest BCUT2D eigenvalue weighted by molar-refractivity contribution is 7.80. The quantitative estimate of drug-likeness (QED) is 0.521. The molecule has 0 saturated carbocycles.